The number of nitrogens with one attached hydrogen (secondary N) is 2. The molecule has 0 aromatic carbocycles. The summed E-state index contributed by atoms with van der Waals surface area (Å²) in [7, 11) is 0. The zero-order valence-corrected chi connectivity index (χ0v) is 13.1. The molecule has 21 heavy (non-hydrogen) atoms. The molecule has 1 fully saturated rings. The van der Waals surface area contributed by atoms with Crippen molar-refractivity contribution in [3.8, 4) is 0 Å². The zero-order valence-electron chi connectivity index (χ0n) is 13.1. The molecule has 1 aliphatic heterocycles. The van der Waals surface area contributed by atoms with Crippen molar-refractivity contribution in [2.75, 3.05) is 29.9 Å². The molecule has 1 unspecified atom stereocenters. The van der Waals surface area contributed by atoms with Gasteiger partial charge in [-0.25, -0.2) is 9.97 Å². The summed E-state index contributed by atoms with van der Waals surface area (Å²) < 4.78 is 0. The summed E-state index contributed by atoms with van der Waals surface area (Å²) in [4.78, 5) is 23.1. The molecule has 1 atom stereocenters. The van der Waals surface area contributed by atoms with Crippen molar-refractivity contribution in [1.82, 2.24) is 15.3 Å². The van der Waals surface area contributed by atoms with E-state index >= 15 is 0 Å². The zero-order chi connectivity index (χ0) is 15.2. The van der Waals surface area contributed by atoms with Gasteiger partial charge >= 0.3 is 0 Å². The highest BCUT2D eigenvalue weighted by Gasteiger charge is 2.31. The minimum Gasteiger partial charge on any atom is -0.370 e. The van der Waals surface area contributed by atoms with Gasteiger partial charge in [-0.3, -0.25) is 4.79 Å². The van der Waals surface area contributed by atoms with Gasteiger partial charge < -0.3 is 15.5 Å². The Balaban J connectivity index is 2.40. The van der Waals surface area contributed by atoms with Crippen LogP contribution in [0.15, 0.2) is 6.33 Å². The summed E-state index contributed by atoms with van der Waals surface area (Å²) in [5, 5.41) is 6.24. The largest absolute Gasteiger partial charge is 0.370 e. The SMILES string of the molecule is CCCc1c(NCC)ncnc1N1CCNC(=O)C1CC. The molecule has 0 bridgehead atoms. The number of hydrogen-bond donors (Lipinski definition) is 2. The monoisotopic (exact) mass is 291 g/mol. The molecule has 0 spiro atoms. The van der Waals surface area contributed by atoms with Crippen molar-refractivity contribution in [3.05, 3.63) is 11.9 Å². The van der Waals surface area contributed by atoms with Gasteiger partial charge in [-0.15, -0.1) is 0 Å². The van der Waals surface area contributed by atoms with E-state index in [1.165, 1.54) is 0 Å². The van der Waals surface area contributed by atoms with Crippen LogP contribution < -0.4 is 15.5 Å². The third-order valence-corrected chi connectivity index (χ3v) is 3.76. The van der Waals surface area contributed by atoms with Gasteiger partial charge in [0.25, 0.3) is 0 Å². The van der Waals surface area contributed by atoms with E-state index in [9.17, 15) is 4.79 Å². The smallest absolute Gasteiger partial charge is 0.242 e. The average Bonchev–Trinajstić information content (AvgIpc) is 2.49. The number of hydrogen-bond acceptors (Lipinski definition) is 5. The Labute approximate surface area is 126 Å². The molecule has 1 amide bonds. The van der Waals surface area contributed by atoms with Crippen LogP contribution in [-0.2, 0) is 11.2 Å². The summed E-state index contributed by atoms with van der Waals surface area (Å²) in [5.41, 5.74) is 1.12. The maximum atomic E-state index is 12.1. The first-order chi connectivity index (χ1) is 10.2. The van der Waals surface area contributed by atoms with Crippen LogP contribution in [0.2, 0.25) is 0 Å². The number of carbonyl (C=O) groups is 1. The van der Waals surface area contributed by atoms with E-state index in [1.807, 2.05) is 6.92 Å². The predicted octanol–water partition coefficient (Wildman–Crippen LogP) is 1.58. The number of rotatable bonds is 6. The van der Waals surface area contributed by atoms with Gasteiger partial charge in [0, 0.05) is 25.2 Å². The second-order valence-electron chi connectivity index (χ2n) is 5.21. The Kier molecular flexibility index (Phi) is 5.36. The Morgan fingerprint density at radius 3 is 2.86 bits per heavy atom. The number of amides is 1. The first-order valence-electron chi connectivity index (χ1n) is 7.84. The molecule has 0 radical (unpaired) electrons. The van der Waals surface area contributed by atoms with Gasteiger partial charge in [-0.05, 0) is 19.8 Å². The summed E-state index contributed by atoms with van der Waals surface area (Å²) in [5.74, 6) is 1.89. The van der Waals surface area contributed by atoms with E-state index < -0.39 is 0 Å². The standard InChI is InChI=1S/C15H25N5O/c1-4-7-11-13(16-6-3)18-10-19-14(11)20-9-8-17-15(21)12(20)5-2/h10,12H,4-9H2,1-3H3,(H,17,21)(H,16,18,19). The lowest BCUT2D eigenvalue weighted by atomic mass is 10.1. The van der Waals surface area contributed by atoms with Crippen LogP contribution in [-0.4, -0.2) is 41.6 Å². The molecule has 116 valence electrons. The molecule has 6 heteroatoms. The molecule has 2 N–H and O–H groups in total. The molecule has 1 aromatic rings. The topological polar surface area (TPSA) is 70.2 Å². The molecular formula is C15H25N5O. The molecular weight excluding hydrogens is 266 g/mol. The van der Waals surface area contributed by atoms with Crippen LogP contribution in [0.1, 0.15) is 39.2 Å². The quantitative estimate of drug-likeness (QED) is 0.832. The van der Waals surface area contributed by atoms with Gasteiger partial charge in [0.15, 0.2) is 0 Å². The number of aromatic nitrogens is 2. The van der Waals surface area contributed by atoms with Crippen molar-refractivity contribution in [2.45, 2.75) is 46.1 Å². The Morgan fingerprint density at radius 2 is 2.19 bits per heavy atom. The normalized spacial score (nSPS) is 18.5. The Bertz CT molecular complexity index is 491. The Hall–Kier alpha value is -1.85. The maximum absolute atomic E-state index is 12.1. The number of nitrogens with zero attached hydrogens (tertiary/aromatic N) is 3. The first kappa shape index (κ1) is 15.5. The highest BCUT2D eigenvalue weighted by molar-refractivity contribution is 5.86. The molecule has 0 saturated carbocycles. The lowest BCUT2D eigenvalue weighted by molar-refractivity contribution is -0.123. The van der Waals surface area contributed by atoms with Crippen molar-refractivity contribution >= 4 is 17.5 Å². The van der Waals surface area contributed by atoms with Gasteiger partial charge in [-0.2, -0.15) is 0 Å². The predicted molar refractivity (Wildman–Crippen MR) is 84.6 cm³/mol. The van der Waals surface area contributed by atoms with Crippen LogP contribution in [0.5, 0.6) is 0 Å². The minimum absolute atomic E-state index is 0.0924. The van der Waals surface area contributed by atoms with E-state index in [4.69, 9.17) is 0 Å². The molecule has 1 aliphatic rings. The minimum atomic E-state index is -0.140. The van der Waals surface area contributed by atoms with Gasteiger partial charge in [-0.1, -0.05) is 20.3 Å². The van der Waals surface area contributed by atoms with E-state index in [0.29, 0.717) is 6.54 Å². The van der Waals surface area contributed by atoms with Crippen LogP contribution in [0.25, 0.3) is 0 Å². The van der Waals surface area contributed by atoms with Crippen molar-refractivity contribution in [1.29, 1.82) is 0 Å². The van der Waals surface area contributed by atoms with Crippen LogP contribution in [0.4, 0.5) is 11.6 Å². The number of carbonyl (C=O) groups excluding carboxylic acids is 1. The van der Waals surface area contributed by atoms with Crippen molar-refractivity contribution in [2.24, 2.45) is 0 Å². The van der Waals surface area contributed by atoms with Gasteiger partial charge in [0.1, 0.15) is 24.0 Å². The molecule has 6 nitrogen and oxygen atoms in total. The second-order valence-corrected chi connectivity index (χ2v) is 5.21. The summed E-state index contributed by atoms with van der Waals surface area (Å²) in [6, 6.07) is -0.140. The van der Waals surface area contributed by atoms with Gasteiger partial charge in [0.05, 0.1) is 0 Å². The summed E-state index contributed by atoms with van der Waals surface area (Å²) in [6.45, 7) is 8.53. The fourth-order valence-electron chi connectivity index (χ4n) is 2.82. The van der Waals surface area contributed by atoms with E-state index in [-0.39, 0.29) is 11.9 Å². The fourth-order valence-corrected chi connectivity index (χ4v) is 2.82. The second kappa shape index (κ2) is 7.24. The highest BCUT2D eigenvalue weighted by atomic mass is 16.2. The average molecular weight is 291 g/mol. The van der Waals surface area contributed by atoms with Crippen LogP contribution in [0, 0.1) is 0 Å². The van der Waals surface area contributed by atoms with E-state index in [1.54, 1.807) is 6.33 Å². The lowest BCUT2D eigenvalue weighted by Crippen LogP contribution is -2.55. The molecule has 0 aliphatic carbocycles. The molecule has 2 heterocycles. The maximum Gasteiger partial charge on any atom is 0.242 e. The third-order valence-electron chi connectivity index (χ3n) is 3.76. The number of piperazine rings is 1. The number of anilines is 2. The van der Waals surface area contributed by atoms with Crippen molar-refractivity contribution in [3.63, 3.8) is 0 Å². The van der Waals surface area contributed by atoms with Gasteiger partial charge in [0.2, 0.25) is 5.91 Å². The molecule has 1 aromatic heterocycles. The lowest BCUT2D eigenvalue weighted by Gasteiger charge is -2.36. The van der Waals surface area contributed by atoms with Crippen LogP contribution >= 0.6 is 0 Å². The van der Waals surface area contributed by atoms with E-state index in [2.05, 4.69) is 39.3 Å². The van der Waals surface area contributed by atoms with Crippen molar-refractivity contribution < 1.29 is 4.79 Å². The Morgan fingerprint density at radius 1 is 1.38 bits per heavy atom. The van der Waals surface area contributed by atoms with Crippen LogP contribution in [0.3, 0.4) is 0 Å². The fraction of sp³-hybridized carbons (Fsp3) is 0.667. The summed E-state index contributed by atoms with van der Waals surface area (Å²) in [6.07, 6.45) is 4.30. The highest BCUT2D eigenvalue weighted by Crippen LogP contribution is 2.28. The first-order valence-corrected chi connectivity index (χ1v) is 7.84. The molecule has 1 saturated heterocycles. The van der Waals surface area contributed by atoms with E-state index in [0.717, 1.165) is 49.6 Å². The third kappa shape index (κ3) is 3.25. The summed E-state index contributed by atoms with van der Waals surface area (Å²) >= 11 is 0. The molecule has 2 rings (SSSR count).